The molecule has 84 valence electrons. The third-order valence-electron chi connectivity index (χ3n) is 1.91. The number of carbonyl (C=O) groups is 1. The first-order valence-electron chi connectivity index (χ1n) is 4.80. The highest BCUT2D eigenvalue weighted by Crippen LogP contribution is 2.10. The van der Waals surface area contributed by atoms with Crippen molar-refractivity contribution in [1.82, 2.24) is 5.32 Å². The van der Waals surface area contributed by atoms with Crippen molar-refractivity contribution in [3.63, 3.8) is 0 Å². The van der Waals surface area contributed by atoms with E-state index in [1.165, 1.54) is 19.2 Å². The molecule has 0 saturated carbocycles. The standard InChI is InChI=1S/C12H12FNO2/c1-14-12(16)11-8-10(13)6-5-9(11)4-2-3-7-15/h5-6,8,15H,3,7H2,1H3,(H,14,16). The van der Waals surface area contributed by atoms with E-state index in [0.717, 1.165) is 6.07 Å². The van der Waals surface area contributed by atoms with E-state index < -0.39 is 5.82 Å². The summed E-state index contributed by atoms with van der Waals surface area (Å²) in [6, 6.07) is 3.83. The molecular formula is C12H12FNO2. The van der Waals surface area contributed by atoms with Gasteiger partial charge in [0.15, 0.2) is 0 Å². The fourth-order valence-corrected chi connectivity index (χ4v) is 1.16. The fourth-order valence-electron chi connectivity index (χ4n) is 1.16. The molecule has 0 aromatic heterocycles. The van der Waals surface area contributed by atoms with Crippen LogP contribution in [0, 0.1) is 17.7 Å². The molecule has 0 aliphatic carbocycles. The average molecular weight is 221 g/mol. The van der Waals surface area contributed by atoms with Gasteiger partial charge in [-0.1, -0.05) is 11.8 Å². The molecule has 1 aromatic carbocycles. The number of benzene rings is 1. The number of rotatable bonds is 2. The van der Waals surface area contributed by atoms with Gasteiger partial charge in [0.2, 0.25) is 0 Å². The molecule has 16 heavy (non-hydrogen) atoms. The Labute approximate surface area is 93.3 Å². The Balaban J connectivity index is 3.09. The number of aliphatic hydroxyl groups excluding tert-OH is 1. The van der Waals surface area contributed by atoms with Crippen LogP contribution in [0.4, 0.5) is 4.39 Å². The summed E-state index contributed by atoms with van der Waals surface area (Å²) in [4.78, 5) is 11.4. The second-order valence-corrected chi connectivity index (χ2v) is 3.04. The highest BCUT2D eigenvalue weighted by molar-refractivity contribution is 5.96. The first-order valence-corrected chi connectivity index (χ1v) is 4.80. The summed E-state index contributed by atoms with van der Waals surface area (Å²) in [5.74, 6) is 4.54. The Morgan fingerprint density at radius 2 is 2.31 bits per heavy atom. The van der Waals surface area contributed by atoms with Crippen LogP contribution in [0.1, 0.15) is 22.3 Å². The summed E-state index contributed by atoms with van der Waals surface area (Å²) in [5.41, 5.74) is 0.655. The highest BCUT2D eigenvalue weighted by Gasteiger charge is 2.09. The minimum Gasteiger partial charge on any atom is -0.395 e. The van der Waals surface area contributed by atoms with Gasteiger partial charge < -0.3 is 10.4 Å². The van der Waals surface area contributed by atoms with E-state index >= 15 is 0 Å². The number of hydrogen-bond acceptors (Lipinski definition) is 2. The van der Waals surface area contributed by atoms with Gasteiger partial charge in [-0.2, -0.15) is 0 Å². The molecule has 0 unspecified atom stereocenters. The number of carbonyl (C=O) groups excluding carboxylic acids is 1. The molecule has 0 heterocycles. The normalized spacial score (nSPS) is 9.19. The lowest BCUT2D eigenvalue weighted by atomic mass is 10.1. The van der Waals surface area contributed by atoms with Crippen LogP contribution in [0.2, 0.25) is 0 Å². The quantitative estimate of drug-likeness (QED) is 0.729. The summed E-state index contributed by atoms with van der Waals surface area (Å²) >= 11 is 0. The van der Waals surface area contributed by atoms with Gasteiger partial charge in [0, 0.05) is 19.0 Å². The van der Waals surface area contributed by atoms with Crippen molar-refractivity contribution < 1.29 is 14.3 Å². The number of halogens is 1. The van der Waals surface area contributed by atoms with Crippen molar-refractivity contribution in [2.75, 3.05) is 13.7 Å². The van der Waals surface area contributed by atoms with Gasteiger partial charge in [-0.25, -0.2) is 4.39 Å². The molecule has 0 radical (unpaired) electrons. The first kappa shape index (κ1) is 12.2. The molecule has 0 bridgehead atoms. The SMILES string of the molecule is CNC(=O)c1cc(F)ccc1C#CCCO. The maximum absolute atomic E-state index is 13.0. The van der Waals surface area contributed by atoms with Gasteiger partial charge in [-0.15, -0.1) is 0 Å². The molecule has 0 fully saturated rings. The number of amides is 1. The zero-order valence-corrected chi connectivity index (χ0v) is 8.88. The van der Waals surface area contributed by atoms with Crippen molar-refractivity contribution in [2.24, 2.45) is 0 Å². The third-order valence-corrected chi connectivity index (χ3v) is 1.91. The lowest BCUT2D eigenvalue weighted by Gasteiger charge is -2.02. The predicted molar refractivity (Wildman–Crippen MR) is 58.4 cm³/mol. The van der Waals surface area contributed by atoms with E-state index in [2.05, 4.69) is 17.2 Å². The Morgan fingerprint density at radius 1 is 1.56 bits per heavy atom. The predicted octanol–water partition coefficient (Wildman–Crippen LogP) is 0.919. The summed E-state index contributed by atoms with van der Waals surface area (Å²) in [6.45, 7) is -0.0382. The Hall–Kier alpha value is -1.86. The Bertz CT molecular complexity index is 446. The lowest BCUT2D eigenvalue weighted by molar-refractivity contribution is 0.0962. The molecule has 1 amide bonds. The number of aliphatic hydroxyl groups is 1. The zero-order chi connectivity index (χ0) is 12.0. The third kappa shape index (κ3) is 3.07. The van der Waals surface area contributed by atoms with E-state index in [-0.39, 0.29) is 18.1 Å². The van der Waals surface area contributed by atoms with E-state index in [0.29, 0.717) is 12.0 Å². The van der Waals surface area contributed by atoms with Crippen molar-refractivity contribution in [3.05, 3.63) is 35.1 Å². The minimum atomic E-state index is -0.480. The second kappa shape index (κ2) is 5.89. The molecule has 3 nitrogen and oxygen atoms in total. The van der Waals surface area contributed by atoms with Crippen LogP contribution in [0.15, 0.2) is 18.2 Å². The summed E-state index contributed by atoms with van der Waals surface area (Å²) < 4.78 is 13.0. The zero-order valence-electron chi connectivity index (χ0n) is 8.88. The van der Waals surface area contributed by atoms with Gasteiger partial charge in [-0.05, 0) is 18.2 Å². The average Bonchev–Trinajstić information content (AvgIpc) is 2.30. The molecule has 0 saturated heterocycles. The van der Waals surface area contributed by atoms with Gasteiger partial charge in [0.25, 0.3) is 5.91 Å². The molecule has 1 aromatic rings. The van der Waals surface area contributed by atoms with Crippen LogP contribution in [0.25, 0.3) is 0 Å². The molecule has 4 heteroatoms. The number of hydrogen-bond donors (Lipinski definition) is 2. The van der Waals surface area contributed by atoms with E-state index in [9.17, 15) is 9.18 Å². The van der Waals surface area contributed by atoms with E-state index in [1.807, 2.05) is 0 Å². The van der Waals surface area contributed by atoms with E-state index in [1.54, 1.807) is 0 Å². The molecule has 0 atom stereocenters. The maximum Gasteiger partial charge on any atom is 0.252 e. The molecule has 2 N–H and O–H groups in total. The molecule has 0 aliphatic heterocycles. The summed E-state index contributed by atoms with van der Waals surface area (Å²) in [5, 5.41) is 11.0. The van der Waals surface area contributed by atoms with Gasteiger partial charge in [0.1, 0.15) is 5.82 Å². The van der Waals surface area contributed by atoms with Crippen LogP contribution in [0.5, 0.6) is 0 Å². The summed E-state index contributed by atoms with van der Waals surface area (Å²) in [7, 11) is 1.47. The summed E-state index contributed by atoms with van der Waals surface area (Å²) in [6.07, 6.45) is 0.324. The Kier molecular flexibility index (Phi) is 4.49. The van der Waals surface area contributed by atoms with E-state index in [4.69, 9.17) is 5.11 Å². The van der Waals surface area contributed by atoms with Crippen LogP contribution < -0.4 is 5.32 Å². The van der Waals surface area contributed by atoms with Crippen LogP contribution in [0.3, 0.4) is 0 Å². The molecule has 0 aliphatic rings. The molecular weight excluding hydrogens is 209 g/mol. The Morgan fingerprint density at radius 3 is 2.94 bits per heavy atom. The van der Waals surface area contributed by atoms with Crippen molar-refractivity contribution in [1.29, 1.82) is 0 Å². The van der Waals surface area contributed by atoms with Gasteiger partial charge in [-0.3, -0.25) is 4.79 Å². The van der Waals surface area contributed by atoms with Crippen LogP contribution in [-0.4, -0.2) is 24.7 Å². The van der Waals surface area contributed by atoms with Crippen molar-refractivity contribution >= 4 is 5.91 Å². The van der Waals surface area contributed by atoms with Gasteiger partial charge in [0.05, 0.1) is 12.2 Å². The monoisotopic (exact) mass is 221 g/mol. The maximum atomic E-state index is 13.0. The van der Waals surface area contributed by atoms with Crippen LogP contribution >= 0.6 is 0 Å². The second-order valence-electron chi connectivity index (χ2n) is 3.04. The van der Waals surface area contributed by atoms with Crippen molar-refractivity contribution in [3.8, 4) is 11.8 Å². The fraction of sp³-hybridized carbons (Fsp3) is 0.250. The van der Waals surface area contributed by atoms with Crippen molar-refractivity contribution in [2.45, 2.75) is 6.42 Å². The topological polar surface area (TPSA) is 49.3 Å². The molecule has 0 spiro atoms. The molecule has 1 rings (SSSR count). The van der Waals surface area contributed by atoms with Crippen LogP contribution in [-0.2, 0) is 0 Å². The first-order chi connectivity index (χ1) is 7.69. The largest absolute Gasteiger partial charge is 0.395 e. The van der Waals surface area contributed by atoms with Gasteiger partial charge >= 0.3 is 0 Å². The lowest BCUT2D eigenvalue weighted by Crippen LogP contribution is -2.19. The highest BCUT2D eigenvalue weighted by atomic mass is 19.1. The smallest absolute Gasteiger partial charge is 0.252 e. The minimum absolute atomic E-state index is 0.0382. The number of nitrogens with one attached hydrogen (secondary N) is 1.